The van der Waals surface area contributed by atoms with Gasteiger partial charge in [0.1, 0.15) is 0 Å². The van der Waals surface area contributed by atoms with Gasteiger partial charge < -0.3 is 5.11 Å². The van der Waals surface area contributed by atoms with Gasteiger partial charge >= 0.3 is 5.97 Å². The normalized spacial score (nSPS) is 40.8. The average Bonchev–Trinajstić information content (AvgIpc) is 2.48. The molecule has 2 aliphatic rings. The molecule has 2 rings (SSSR count). The summed E-state index contributed by atoms with van der Waals surface area (Å²) in [6, 6.07) is 0. The van der Waals surface area contributed by atoms with Crippen LogP contribution in [0.5, 0.6) is 0 Å². The van der Waals surface area contributed by atoms with E-state index in [2.05, 4.69) is 0 Å². The van der Waals surface area contributed by atoms with Crippen molar-refractivity contribution in [1.29, 1.82) is 0 Å². The Morgan fingerprint density at radius 2 is 1.83 bits per heavy atom. The molecule has 2 saturated carbocycles. The van der Waals surface area contributed by atoms with Gasteiger partial charge in [-0.2, -0.15) is 0 Å². The van der Waals surface area contributed by atoms with Gasteiger partial charge in [-0.15, -0.1) is 0 Å². The summed E-state index contributed by atoms with van der Waals surface area (Å²) in [4.78, 5) is 11.2. The topological polar surface area (TPSA) is 37.3 Å². The van der Waals surface area contributed by atoms with Crippen LogP contribution in [0.4, 0.5) is 0 Å². The number of hydrogen-bond donors (Lipinski definition) is 1. The first-order chi connectivity index (χ1) is 5.76. The summed E-state index contributed by atoms with van der Waals surface area (Å²) in [7, 11) is 0. The van der Waals surface area contributed by atoms with Crippen LogP contribution in [-0.4, -0.2) is 11.1 Å². The van der Waals surface area contributed by atoms with E-state index < -0.39 is 5.97 Å². The Morgan fingerprint density at radius 1 is 1.17 bits per heavy atom. The van der Waals surface area contributed by atoms with Gasteiger partial charge in [0.2, 0.25) is 0 Å². The predicted molar refractivity (Wildman–Crippen MR) is 45.9 cm³/mol. The summed E-state index contributed by atoms with van der Waals surface area (Å²) in [5.74, 6) is -0.0200. The second-order valence-corrected chi connectivity index (χ2v) is 4.30. The van der Waals surface area contributed by atoms with Crippen LogP contribution in [0, 0.1) is 11.3 Å². The summed E-state index contributed by atoms with van der Waals surface area (Å²) in [6.07, 6.45) is 7.71. The van der Waals surface area contributed by atoms with Crippen LogP contribution < -0.4 is 0 Å². The maximum atomic E-state index is 11.2. The molecule has 2 heteroatoms. The highest BCUT2D eigenvalue weighted by molar-refractivity contribution is 5.75. The van der Waals surface area contributed by atoms with Crippen molar-refractivity contribution in [3.8, 4) is 0 Å². The van der Waals surface area contributed by atoms with Crippen LogP contribution in [0.15, 0.2) is 0 Å². The fraction of sp³-hybridized carbons (Fsp3) is 0.900. The van der Waals surface area contributed by atoms with Crippen molar-refractivity contribution in [2.45, 2.75) is 44.9 Å². The number of carboxylic acid groups (broad SMARTS) is 1. The van der Waals surface area contributed by atoms with Crippen LogP contribution in [0.2, 0.25) is 0 Å². The first-order valence-corrected chi connectivity index (χ1v) is 4.99. The molecule has 0 unspecified atom stereocenters. The first kappa shape index (κ1) is 8.09. The number of aliphatic carboxylic acids is 1. The molecule has 2 nitrogen and oxygen atoms in total. The van der Waals surface area contributed by atoms with Crippen molar-refractivity contribution in [3.63, 3.8) is 0 Å². The van der Waals surface area contributed by atoms with E-state index in [0.29, 0.717) is 5.92 Å². The van der Waals surface area contributed by atoms with Gasteiger partial charge in [0.15, 0.2) is 0 Å². The number of hydrogen-bond acceptors (Lipinski definition) is 1. The average molecular weight is 168 g/mol. The van der Waals surface area contributed by atoms with Crippen molar-refractivity contribution >= 4 is 5.97 Å². The van der Waals surface area contributed by atoms with E-state index in [0.717, 1.165) is 38.5 Å². The maximum Gasteiger partial charge on any atom is 0.309 e. The summed E-state index contributed by atoms with van der Waals surface area (Å²) < 4.78 is 0. The molecule has 0 aliphatic heterocycles. The predicted octanol–water partition coefficient (Wildman–Crippen LogP) is 2.43. The summed E-state index contributed by atoms with van der Waals surface area (Å²) in [5.41, 5.74) is -0.293. The van der Waals surface area contributed by atoms with Crippen molar-refractivity contribution in [3.05, 3.63) is 0 Å². The Labute approximate surface area is 73.0 Å². The molecule has 0 spiro atoms. The summed E-state index contributed by atoms with van der Waals surface area (Å²) >= 11 is 0. The highest BCUT2D eigenvalue weighted by Crippen LogP contribution is 2.52. The SMILES string of the molecule is O=C(O)[C@]12CCCC[C@@H]1CCC2. The first-order valence-electron chi connectivity index (χ1n) is 4.99. The lowest BCUT2D eigenvalue weighted by molar-refractivity contribution is -0.153. The molecule has 2 fully saturated rings. The van der Waals surface area contributed by atoms with Gasteiger partial charge in [0.25, 0.3) is 0 Å². The Bertz CT molecular complexity index is 200. The zero-order chi connectivity index (χ0) is 8.60. The molecule has 0 aromatic carbocycles. The molecule has 0 aromatic rings. The standard InChI is InChI=1S/C10H16O2/c11-9(12)10-6-2-1-4-8(10)5-3-7-10/h8H,1-7H2,(H,11,12)/t8-,10+/m1/s1. The van der Waals surface area contributed by atoms with E-state index in [1.165, 1.54) is 6.42 Å². The minimum Gasteiger partial charge on any atom is -0.481 e. The van der Waals surface area contributed by atoms with Crippen LogP contribution in [0.3, 0.4) is 0 Å². The molecular weight excluding hydrogens is 152 g/mol. The molecule has 68 valence electrons. The second kappa shape index (κ2) is 2.75. The Kier molecular flexibility index (Phi) is 1.85. The Morgan fingerprint density at radius 3 is 2.50 bits per heavy atom. The van der Waals surface area contributed by atoms with Gasteiger partial charge in [-0.25, -0.2) is 0 Å². The van der Waals surface area contributed by atoms with Crippen LogP contribution in [0.25, 0.3) is 0 Å². The van der Waals surface area contributed by atoms with Gasteiger partial charge in [-0.05, 0) is 31.6 Å². The van der Waals surface area contributed by atoms with Gasteiger partial charge in [-0.1, -0.05) is 19.3 Å². The maximum absolute atomic E-state index is 11.2. The van der Waals surface area contributed by atoms with Crippen LogP contribution in [-0.2, 0) is 4.79 Å². The zero-order valence-corrected chi connectivity index (χ0v) is 7.38. The smallest absolute Gasteiger partial charge is 0.309 e. The van der Waals surface area contributed by atoms with Gasteiger partial charge in [0.05, 0.1) is 5.41 Å². The van der Waals surface area contributed by atoms with E-state index in [-0.39, 0.29) is 5.41 Å². The highest BCUT2D eigenvalue weighted by atomic mass is 16.4. The molecule has 0 amide bonds. The lowest BCUT2D eigenvalue weighted by Crippen LogP contribution is -2.37. The molecule has 0 heterocycles. The van der Waals surface area contributed by atoms with Crippen LogP contribution >= 0.6 is 0 Å². The van der Waals surface area contributed by atoms with E-state index in [1.807, 2.05) is 0 Å². The molecule has 2 aliphatic carbocycles. The summed E-state index contributed by atoms with van der Waals surface area (Å²) in [6.45, 7) is 0. The summed E-state index contributed by atoms with van der Waals surface area (Å²) in [5, 5.41) is 9.20. The number of rotatable bonds is 1. The van der Waals surface area contributed by atoms with Crippen molar-refractivity contribution in [2.75, 3.05) is 0 Å². The van der Waals surface area contributed by atoms with E-state index >= 15 is 0 Å². The molecular formula is C10H16O2. The molecule has 0 saturated heterocycles. The lowest BCUT2D eigenvalue weighted by atomic mass is 9.68. The Hall–Kier alpha value is -0.530. The number of fused-ring (bicyclic) bond motifs is 1. The monoisotopic (exact) mass is 168 g/mol. The lowest BCUT2D eigenvalue weighted by Gasteiger charge is -2.35. The fourth-order valence-corrected chi connectivity index (χ4v) is 3.11. The third kappa shape index (κ3) is 0.970. The molecule has 0 bridgehead atoms. The fourth-order valence-electron chi connectivity index (χ4n) is 3.11. The highest BCUT2D eigenvalue weighted by Gasteiger charge is 2.49. The van der Waals surface area contributed by atoms with Crippen molar-refractivity contribution in [2.24, 2.45) is 11.3 Å². The molecule has 1 N–H and O–H groups in total. The third-order valence-corrected chi connectivity index (χ3v) is 3.81. The molecule has 0 aromatic heterocycles. The Balaban J connectivity index is 2.23. The molecule has 0 radical (unpaired) electrons. The van der Waals surface area contributed by atoms with Gasteiger partial charge in [0, 0.05) is 0 Å². The second-order valence-electron chi connectivity index (χ2n) is 4.30. The quantitative estimate of drug-likeness (QED) is 0.653. The largest absolute Gasteiger partial charge is 0.481 e. The molecule has 2 atom stereocenters. The van der Waals surface area contributed by atoms with Crippen LogP contribution in [0.1, 0.15) is 44.9 Å². The zero-order valence-electron chi connectivity index (χ0n) is 7.38. The van der Waals surface area contributed by atoms with Gasteiger partial charge in [-0.3, -0.25) is 4.79 Å². The van der Waals surface area contributed by atoms with E-state index in [1.54, 1.807) is 0 Å². The van der Waals surface area contributed by atoms with Crippen molar-refractivity contribution in [1.82, 2.24) is 0 Å². The van der Waals surface area contributed by atoms with Crippen molar-refractivity contribution < 1.29 is 9.90 Å². The molecule has 12 heavy (non-hydrogen) atoms. The minimum atomic E-state index is -0.523. The number of carbonyl (C=O) groups is 1. The third-order valence-electron chi connectivity index (χ3n) is 3.81. The number of carboxylic acids is 1. The minimum absolute atomic E-state index is 0.293. The van der Waals surface area contributed by atoms with E-state index in [9.17, 15) is 9.90 Å². The van der Waals surface area contributed by atoms with E-state index in [4.69, 9.17) is 0 Å².